The molecule has 0 saturated carbocycles. The molecular weight excluding hydrogens is 378 g/mol. The van der Waals surface area contributed by atoms with Gasteiger partial charge in [-0.05, 0) is 34.1 Å². The standard InChI is InChI=1S/C13H11BrClN3O2S/c14-8-5-10(16-6-8)13(20)18-17-12(19)7-21-11-4-2-1-3-9(11)15/h1-6,16H,7H2,(H,17,19)(H,18,20). The lowest BCUT2D eigenvalue weighted by atomic mass is 10.4. The minimum Gasteiger partial charge on any atom is -0.356 e. The van der Waals surface area contributed by atoms with Gasteiger partial charge in [-0.25, -0.2) is 0 Å². The van der Waals surface area contributed by atoms with E-state index >= 15 is 0 Å². The first-order valence-electron chi connectivity index (χ1n) is 5.86. The van der Waals surface area contributed by atoms with Crippen molar-refractivity contribution in [2.75, 3.05) is 5.75 Å². The molecule has 1 aromatic heterocycles. The van der Waals surface area contributed by atoms with Crippen molar-refractivity contribution in [3.63, 3.8) is 0 Å². The summed E-state index contributed by atoms with van der Waals surface area (Å²) in [6, 6.07) is 8.86. The van der Waals surface area contributed by atoms with E-state index in [4.69, 9.17) is 11.6 Å². The highest BCUT2D eigenvalue weighted by molar-refractivity contribution is 9.10. The van der Waals surface area contributed by atoms with E-state index in [1.165, 1.54) is 11.8 Å². The molecule has 2 amide bonds. The second kappa shape index (κ2) is 7.53. The zero-order valence-corrected chi connectivity index (χ0v) is 13.8. The Morgan fingerprint density at radius 3 is 2.71 bits per heavy atom. The number of halogens is 2. The number of carbonyl (C=O) groups is 2. The van der Waals surface area contributed by atoms with Crippen LogP contribution >= 0.6 is 39.3 Å². The largest absolute Gasteiger partial charge is 0.356 e. The van der Waals surface area contributed by atoms with Gasteiger partial charge in [0.05, 0.1) is 10.8 Å². The molecule has 0 spiro atoms. The molecule has 0 aliphatic carbocycles. The Bertz CT molecular complexity index is 662. The molecule has 2 aromatic rings. The number of thioether (sulfide) groups is 1. The average Bonchev–Trinajstić information content (AvgIpc) is 2.90. The summed E-state index contributed by atoms with van der Waals surface area (Å²) in [7, 11) is 0. The minimum absolute atomic E-state index is 0.151. The predicted octanol–water partition coefficient (Wildman–Crippen LogP) is 2.98. The molecular formula is C13H11BrClN3O2S. The number of H-pyrrole nitrogens is 1. The summed E-state index contributed by atoms with van der Waals surface area (Å²) in [6.45, 7) is 0. The van der Waals surface area contributed by atoms with E-state index in [0.29, 0.717) is 10.7 Å². The van der Waals surface area contributed by atoms with E-state index in [-0.39, 0.29) is 11.7 Å². The lowest BCUT2D eigenvalue weighted by molar-refractivity contribution is -0.119. The van der Waals surface area contributed by atoms with Gasteiger partial charge in [0.25, 0.3) is 5.91 Å². The lowest BCUT2D eigenvalue weighted by Gasteiger charge is -2.07. The van der Waals surface area contributed by atoms with E-state index < -0.39 is 5.91 Å². The topological polar surface area (TPSA) is 74.0 Å². The molecule has 0 aliphatic heterocycles. The van der Waals surface area contributed by atoms with Crippen molar-refractivity contribution in [2.24, 2.45) is 0 Å². The summed E-state index contributed by atoms with van der Waals surface area (Å²) in [5.41, 5.74) is 5.02. The van der Waals surface area contributed by atoms with Crippen LogP contribution in [0, 0.1) is 0 Å². The Hall–Kier alpha value is -1.44. The van der Waals surface area contributed by atoms with Crippen molar-refractivity contribution in [3.8, 4) is 0 Å². The molecule has 2 rings (SSSR count). The monoisotopic (exact) mass is 387 g/mol. The first-order chi connectivity index (χ1) is 10.1. The van der Waals surface area contributed by atoms with Crippen molar-refractivity contribution < 1.29 is 9.59 Å². The summed E-state index contributed by atoms with van der Waals surface area (Å²) in [5, 5.41) is 0.593. The van der Waals surface area contributed by atoms with Gasteiger partial charge in [-0.2, -0.15) is 0 Å². The highest BCUT2D eigenvalue weighted by Crippen LogP contribution is 2.26. The summed E-state index contributed by atoms with van der Waals surface area (Å²) < 4.78 is 0.758. The molecule has 0 atom stereocenters. The number of nitrogens with one attached hydrogen (secondary N) is 3. The second-order valence-electron chi connectivity index (χ2n) is 3.95. The third-order valence-corrected chi connectivity index (χ3v) is 4.38. The highest BCUT2D eigenvalue weighted by atomic mass is 79.9. The number of hydrogen-bond acceptors (Lipinski definition) is 3. The molecule has 3 N–H and O–H groups in total. The van der Waals surface area contributed by atoms with E-state index in [2.05, 4.69) is 31.8 Å². The fourth-order valence-electron chi connectivity index (χ4n) is 1.43. The van der Waals surface area contributed by atoms with Gasteiger partial charge in [0.2, 0.25) is 5.91 Å². The molecule has 110 valence electrons. The minimum atomic E-state index is -0.420. The second-order valence-corrected chi connectivity index (χ2v) is 6.29. The van der Waals surface area contributed by atoms with Crippen molar-refractivity contribution >= 4 is 51.1 Å². The van der Waals surface area contributed by atoms with Crippen LogP contribution in [0.25, 0.3) is 0 Å². The number of carbonyl (C=O) groups excluding carboxylic acids is 2. The van der Waals surface area contributed by atoms with Crippen LogP contribution in [0.2, 0.25) is 5.02 Å². The number of aromatic nitrogens is 1. The summed E-state index contributed by atoms with van der Waals surface area (Å²) >= 11 is 10.5. The van der Waals surface area contributed by atoms with Crippen molar-refractivity contribution in [1.29, 1.82) is 0 Å². The zero-order valence-electron chi connectivity index (χ0n) is 10.7. The fraction of sp³-hybridized carbons (Fsp3) is 0.0769. The first kappa shape index (κ1) is 15.9. The van der Waals surface area contributed by atoms with Crippen LogP contribution in [0.5, 0.6) is 0 Å². The van der Waals surface area contributed by atoms with Crippen LogP contribution in [0.4, 0.5) is 0 Å². The number of hydrogen-bond donors (Lipinski definition) is 3. The predicted molar refractivity (Wildman–Crippen MR) is 86.3 cm³/mol. The summed E-state index contributed by atoms with van der Waals surface area (Å²) in [6.07, 6.45) is 1.63. The molecule has 1 heterocycles. The van der Waals surface area contributed by atoms with E-state index in [1.54, 1.807) is 18.3 Å². The third kappa shape index (κ3) is 4.80. The van der Waals surface area contributed by atoms with Crippen LogP contribution in [-0.2, 0) is 4.79 Å². The zero-order chi connectivity index (χ0) is 15.2. The molecule has 8 heteroatoms. The van der Waals surface area contributed by atoms with Gasteiger partial charge < -0.3 is 4.98 Å². The smallest absolute Gasteiger partial charge is 0.286 e. The number of benzene rings is 1. The van der Waals surface area contributed by atoms with Gasteiger partial charge in [0, 0.05) is 15.6 Å². The lowest BCUT2D eigenvalue weighted by Crippen LogP contribution is -2.42. The third-order valence-electron chi connectivity index (χ3n) is 2.40. The van der Waals surface area contributed by atoms with Crippen LogP contribution in [0.15, 0.2) is 45.9 Å². The van der Waals surface area contributed by atoms with Gasteiger partial charge in [0.1, 0.15) is 5.69 Å². The van der Waals surface area contributed by atoms with Crippen LogP contribution in [0.1, 0.15) is 10.5 Å². The highest BCUT2D eigenvalue weighted by Gasteiger charge is 2.10. The Morgan fingerprint density at radius 1 is 1.29 bits per heavy atom. The van der Waals surface area contributed by atoms with Gasteiger partial charge in [0.15, 0.2) is 0 Å². The number of rotatable bonds is 4. The van der Waals surface area contributed by atoms with E-state index in [0.717, 1.165) is 9.37 Å². The SMILES string of the molecule is O=C(CSc1ccccc1Cl)NNC(=O)c1cc(Br)c[nH]1. The van der Waals surface area contributed by atoms with Crippen molar-refractivity contribution in [1.82, 2.24) is 15.8 Å². The van der Waals surface area contributed by atoms with Crippen LogP contribution < -0.4 is 10.9 Å². The molecule has 0 radical (unpaired) electrons. The molecule has 0 bridgehead atoms. The Labute approximate surface area is 138 Å². The Kier molecular flexibility index (Phi) is 5.72. The molecule has 0 unspecified atom stereocenters. The van der Waals surface area contributed by atoms with Crippen LogP contribution in [0.3, 0.4) is 0 Å². The van der Waals surface area contributed by atoms with Gasteiger partial charge in [-0.1, -0.05) is 23.7 Å². The van der Waals surface area contributed by atoms with E-state index in [9.17, 15) is 9.59 Å². The first-order valence-corrected chi connectivity index (χ1v) is 8.02. The Morgan fingerprint density at radius 2 is 2.05 bits per heavy atom. The van der Waals surface area contributed by atoms with Crippen LogP contribution in [-0.4, -0.2) is 22.6 Å². The maximum atomic E-state index is 11.7. The van der Waals surface area contributed by atoms with E-state index in [1.807, 2.05) is 18.2 Å². The molecule has 0 fully saturated rings. The Balaban J connectivity index is 1.78. The normalized spacial score (nSPS) is 10.2. The maximum Gasteiger partial charge on any atom is 0.286 e. The van der Waals surface area contributed by atoms with Gasteiger partial charge in [-0.15, -0.1) is 11.8 Å². The van der Waals surface area contributed by atoms with Crippen molar-refractivity contribution in [2.45, 2.75) is 4.90 Å². The molecule has 0 saturated heterocycles. The molecule has 1 aromatic carbocycles. The quantitative estimate of drug-likeness (QED) is 0.557. The number of hydrazine groups is 1. The van der Waals surface area contributed by atoms with Gasteiger partial charge >= 0.3 is 0 Å². The van der Waals surface area contributed by atoms with Gasteiger partial charge in [-0.3, -0.25) is 20.4 Å². The summed E-state index contributed by atoms with van der Waals surface area (Å²) in [5.74, 6) is -0.589. The molecule has 21 heavy (non-hydrogen) atoms. The number of aromatic amines is 1. The number of amides is 2. The average molecular weight is 389 g/mol. The molecule has 5 nitrogen and oxygen atoms in total. The summed E-state index contributed by atoms with van der Waals surface area (Å²) in [4.78, 5) is 26.9. The maximum absolute atomic E-state index is 11.7. The van der Waals surface area contributed by atoms with Crippen molar-refractivity contribution in [3.05, 3.63) is 51.7 Å². The molecule has 0 aliphatic rings. The fourth-order valence-corrected chi connectivity index (χ4v) is 2.82.